The van der Waals surface area contributed by atoms with Crippen LogP contribution >= 0.6 is 0 Å². The van der Waals surface area contributed by atoms with Crippen molar-refractivity contribution in [1.29, 1.82) is 0 Å². The molecule has 0 saturated carbocycles. The van der Waals surface area contributed by atoms with Gasteiger partial charge in [0.2, 0.25) is 5.91 Å². The average molecular weight is 360 g/mol. The highest BCUT2D eigenvalue weighted by molar-refractivity contribution is 5.76. The lowest BCUT2D eigenvalue weighted by Gasteiger charge is -2.36. The molecule has 1 amide bonds. The molecule has 1 aromatic heterocycles. The van der Waals surface area contributed by atoms with Crippen LogP contribution in [-0.4, -0.2) is 80.1 Å². The minimum absolute atomic E-state index is 0.337. The quantitative estimate of drug-likeness (QED) is 0.798. The number of pyridine rings is 1. The lowest BCUT2D eigenvalue weighted by molar-refractivity contribution is -0.133. The Morgan fingerprint density at radius 2 is 1.92 bits per heavy atom. The molecular formula is C20H33N5O. The van der Waals surface area contributed by atoms with Crippen molar-refractivity contribution in [2.75, 3.05) is 64.3 Å². The van der Waals surface area contributed by atoms with Gasteiger partial charge in [-0.25, -0.2) is 4.98 Å². The van der Waals surface area contributed by atoms with Crippen LogP contribution in [0.5, 0.6) is 0 Å². The molecule has 2 aliphatic heterocycles. The van der Waals surface area contributed by atoms with Gasteiger partial charge in [-0.2, -0.15) is 0 Å². The van der Waals surface area contributed by atoms with E-state index in [2.05, 4.69) is 31.1 Å². The van der Waals surface area contributed by atoms with Gasteiger partial charge in [-0.05, 0) is 50.9 Å². The van der Waals surface area contributed by atoms with Gasteiger partial charge in [0.25, 0.3) is 0 Å². The number of aromatic nitrogens is 1. The second-order valence-electron chi connectivity index (χ2n) is 7.48. The van der Waals surface area contributed by atoms with Gasteiger partial charge < -0.3 is 15.1 Å². The first-order valence-corrected chi connectivity index (χ1v) is 10.1. The molecule has 26 heavy (non-hydrogen) atoms. The van der Waals surface area contributed by atoms with E-state index in [0.717, 1.165) is 76.9 Å². The molecule has 2 saturated heterocycles. The summed E-state index contributed by atoms with van der Waals surface area (Å²) in [5.74, 6) is 2.18. The molecule has 6 nitrogen and oxygen atoms in total. The lowest BCUT2D eigenvalue weighted by atomic mass is 9.93. The van der Waals surface area contributed by atoms with Crippen LogP contribution in [0.2, 0.25) is 0 Å². The summed E-state index contributed by atoms with van der Waals surface area (Å²) in [6.45, 7) is 7.86. The van der Waals surface area contributed by atoms with Gasteiger partial charge in [0.05, 0.1) is 0 Å². The van der Waals surface area contributed by atoms with E-state index in [1.165, 1.54) is 6.42 Å². The Hall–Kier alpha value is -1.66. The van der Waals surface area contributed by atoms with E-state index in [0.29, 0.717) is 12.3 Å². The zero-order valence-corrected chi connectivity index (χ0v) is 16.1. The van der Waals surface area contributed by atoms with Gasteiger partial charge in [0, 0.05) is 58.4 Å². The molecule has 0 unspecified atom stereocenters. The normalized spacial score (nSPS) is 19.7. The predicted molar refractivity (Wildman–Crippen MR) is 105 cm³/mol. The number of carbonyl (C=O) groups is 1. The molecule has 144 valence electrons. The maximum Gasteiger partial charge on any atom is 0.223 e. The minimum atomic E-state index is 0.337. The first-order chi connectivity index (χ1) is 12.8. The van der Waals surface area contributed by atoms with Crippen molar-refractivity contribution in [3.05, 3.63) is 24.4 Å². The van der Waals surface area contributed by atoms with Crippen LogP contribution in [0, 0.1) is 5.92 Å². The van der Waals surface area contributed by atoms with Crippen LogP contribution in [0.25, 0.3) is 0 Å². The van der Waals surface area contributed by atoms with Crippen molar-refractivity contribution in [2.45, 2.75) is 25.7 Å². The van der Waals surface area contributed by atoms with E-state index in [1.807, 2.05) is 25.4 Å². The number of hydrogen-bond donors (Lipinski definition) is 1. The molecule has 3 heterocycles. The van der Waals surface area contributed by atoms with Crippen molar-refractivity contribution in [3.8, 4) is 0 Å². The molecule has 0 atom stereocenters. The highest BCUT2D eigenvalue weighted by Crippen LogP contribution is 2.20. The first-order valence-electron chi connectivity index (χ1n) is 10.1. The molecule has 0 bridgehead atoms. The van der Waals surface area contributed by atoms with Crippen molar-refractivity contribution in [1.82, 2.24) is 20.1 Å². The van der Waals surface area contributed by atoms with E-state index in [-0.39, 0.29) is 0 Å². The van der Waals surface area contributed by atoms with E-state index >= 15 is 0 Å². The summed E-state index contributed by atoms with van der Waals surface area (Å²) in [6.07, 6.45) is 6.07. The largest absolute Gasteiger partial charge is 0.354 e. The third-order valence-corrected chi connectivity index (χ3v) is 5.76. The monoisotopic (exact) mass is 359 g/mol. The van der Waals surface area contributed by atoms with E-state index in [4.69, 9.17) is 0 Å². The lowest BCUT2D eigenvalue weighted by Crippen LogP contribution is -2.48. The van der Waals surface area contributed by atoms with Crippen molar-refractivity contribution < 1.29 is 4.79 Å². The Bertz CT molecular complexity index is 536. The average Bonchev–Trinajstić information content (AvgIpc) is 2.72. The molecule has 2 fully saturated rings. The van der Waals surface area contributed by atoms with Gasteiger partial charge in [-0.1, -0.05) is 6.07 Å². The molecule has 0 radical (unpaired) electrons. The number of amides is 1. The van der Waals surface area contributed by atoms with Gasteiger partial charge >= 0.3 is 0 Å². The van der Waals surface area contributed by atoms with Crippen LogP contribution in [0.1, 0.15) is 25.7 Å². The Morgan fingerprint density at radius 1 is 1.15 bits per heavy atom. The fourth-order valence-corrected chi connectivity index (χ4v) is 3.97. The van der Waals surface area contributed by atoms with E-state index < -0.39 is 0 Å². The van der Waals surface area contributed by atoms with E-state index in [9.17, 15) is 4.79 Å². The van der Waals surface area contributed by atoms with Crippen LogP contribution in [-0.2, 0) is 4.79 Å². The summed E-state index contributed by atoms with van der Waals surface area (Å²) in [7, 11) is 2.01. The number of nitrogens with zero attached hydrogens (tertiary/aromatic N) is 4. The predicted octanol–water partition coefficient (Wildman–Crippen LogP) is 1.44. The number of likely N-dealkylation sites (tertiary alicyclic amines) is 1. The number of nitrogens with one attached hydrogen (secondary N) is 1. The summed E-state index contributed by atoms with van der Waals surface area (Å²) in [5, 5.41) is 3.23. The third-order valence-electron chi connectivity index (χ3n) is 5.76. The summed E-state index contributed by atoms with van der Waals surface area (Å²) >= 11 is 0. The summed E-state index contributed by atoms with van der Waals surface area (Å²) in [4.78, 5) is 23.8. The topological polar surface area (TPSA) is 51.7 Å². The SMILES string of the molecule is CNCCC1CCN(C(=O)CCN2CCN(c3ccccn3)CC2)CC1. The van der Waals surface area contributed by atoms with Crippen LogP contribution in [0.3, 0.4) is 0 Å². The Kier molecular flexibility index (Phi) is 7.26. The number of hydrogen-bond acceptors (Lipinski definition) is 5. The molecule has 3 rings (SSSR count). The Balaban J connectivity index is 1.33. The zero-order chi connectivity index (χ0) is 18.2. The van der Waals surface area contributed by atoms with Crippen molar-refractivity contribution >= 4 is 11.7 Å². The van der Waals surface area contributed by atoms with Crippen LogP contribution in [0.4, 0.5) is 5.82 Å². The minimum Gasteiger partial charge on any atom is -0.354 e. The highest BCUT2D eigenvalue weighted by Gasteiger charge is 2.23. The maximum absolute atomic E-state index is 12.5. The number of piperazine rings is 1. The number of piperidine rings is 1. The molecule has 1 N–H and O–H groups in total. The molecule has 2 aliphatic rings. The molecule has 1 aromatic rings. The second kappa shape index (κ2) is 9.88. The fraction of sp³-hybridized carbons (Fsp3) is 0.700. The molecule has 0 aromatic carbocycles. The molecule has 6 heteroatoms. The summed E-state index contributed by atoms with van der Waals surface area (Å²) in [5.41, 5.74) is 0. The zero-order valence-electron chi connectivity index (χ0n) is 16.1. The highest BCUT2D eigenvalue weighted by atomic mass is 16.2. The van der Waals surface area contributed by atoms with Gasteiger partial charge in [-0.15, -0.1) is 0 Å². The van der Waals surface area contributed by atoms with Crippen molar-refractivity contribution in [3.63, 3.8) is 0 Å². The maximum atomic E-state index is 12.5. The van der Waals surface area contributed by atoms with Crippen LogP contribution < -0.4 is 10.2 Å². The summed E-state index contributed by atoms with van der Waals surface area (Å²) < 4.78 is 0. The molecular weight excluding hydrogens is 326 g/mol. The Labute approximate surface area is 157 Å². The van der Waals surface area contributed by atoms with Crippen LogP contribution in [0.15, 0.2) is 24.4 Å². The number of anilines is 1. The first kappa shape index (κ1) is 19.1. The third kappa shape index (κ3) is 5.42. The Morgan fingerprint density at radius 3 is 2.58 bits per heavy atom. The smallest absolute Gasteiger partial charge is 0.223 e. The number of rotatable bonds is 7. The van der Waals surface area contributed by atoms with Crippen molar-refractivity contribution in [2.24, 2.45) is 5.92 Å². The molecule has 0 spiro atoms. The second-order valence-corrected chi connectivity index (χ2v) is 7.48. The standard InChI is InChI=1S/C20H33N5O/c1-21-10-5-18-6-12-25(13-7-18)20(26)8-11-23-14-16-24(17-15-23)19-4-2-3-9-22-19/h2-4,9,18,21H,5-8,10-17H2,1H3. The number of carbonyl (C=O) groups excluding carboxylic acids is 1. The van der Waals surface area contributed by atoms with Gasteiger partial charge in [-0.3, -0.25) is 9.69 Å². The van der Waals surface area contributed by atoms with Gasteiger partial charge in [0.1, 0.15) is 5.82 Å². The van der Waals surface area contributed by atoms with E-state index in [1.54, 1.807) is 0 Å². The summed E-state index contributed by atoms with van der Waals surface area (Å²) in [6, 6.07) is 6.06. The fourth-order valence-electron chi connectivity index (χ4n) is 3.97. The van der Waals surface area contributed by atoms with Gasteiger partial charge in [0.15, 0.2) is 0 Å². The molecule has 0 aliphatic carbocycles.